The zero-order valence-corrected chi connectivity index (χ0v) is 11.5. The van der Waals surface area contributed by atoms with Crippen LogP contribution < -0.4 is 10.6 Å². The van der Waals surface area contributed by atoms with Crippen molar-refractivity contribution in [1.29, 1.82) is 0 Å². The molecule has 2 rings (SSSR count). The summed E-state index contributed by atoms with van der Waals surface area (Å²) in [6.07, 6.45) is 2.29. The zero-order chi connectivity index (χ0) is 13.3. The van der Waals surface area contributed by atoms with Crippen LogP contribution in [0.1, 0.15) is 12.8 Å². The summed E-state index contributed by atoms with van der Waals surface area (Å²) < 4.78 is 13.3. The molecule has 0 saturated carbocycles. The first kappa shape index (κ1) is 13.4. The van der Waals surface area contributed by atoms with Crippen molar-refractivity contribution in [2.24, 2.45) is 0 Å². The van der Waals surface area contributed by atoms with Gasteiger partial charge in [-0.1, -0.05) is 11.6 Å². The summed E-state index contributed by atoms with van der Waals surface area (Å²) in [6, 6.07) is 3.43. The zero-order valence-electron chi connectivity index (χ0n) is 10.8. The summed E-state index contributed by atoms with van der Waals surface area (Å²) in [5.74, 6) is -0.459. The minimum atomic E-state index is -0.459. The first-order chi connectivity index (χ1) is 8.49. The molecule has 1 aromatic carbocycles. The number of nitrogens with zero attached hydrogens (tertiary/aromatic N) is 2. The molecule has 1 aromatic rings. The van der Waals surface area contributed by atoms with Gasteiger partial charge in [-0.3, -0.25) is 0 Å². The molecule has 0 aliphatic carbocycles. The van der Waals surface area contributed by atoms with Crippen molar-refractivity contribution in [3.05, 3.63) is 23.0 Å². The van der Waals surface area contributed by atoms with Crippen molar-refractivity contribution in [2.45, 2.75) is 18.9 Å². The SMILES string of the molecule is CN(C)C1CCCN(c2cc(Cl)c(F)cc2N)C1. The highest BCUT2D eigenvalue weighted by Gasteiger charge is 2.23. The number of hydrogen-bond donors (Lipinski definition) is 1. The molecule has 0 amide bonds. The Bertz CT molecular complexity index is 436. The topological polar surface area (TPSA) is 32.5 Å². The first-order valence-corrected chi connectivity index (χ1v) is 6.52. The van der Waals surface area contributed by atoms with Crippen LogP contribution in [0, 0.1) is 5.82 Å². The molecule has 0 radical (unpaired) electrons. The standard InChI is InChI=1S/C13H19ClFN3/c1-17(2)9-4-3-5-18(8-9)13-6-10(14)11(15)7-12(13)16/h6-7,9H,3-5,8,16H2,1-2H3. The fourth-order valence-corrected chi connectivity index (χ4v) is 2.58. The fraction of sp³-hybridized carbons (Fsp3) is 0.538. The maximum atomic E-state index is 13.3. The van der Waals surface area contributed by atoms with Crippen LogP contribution in [0.4, 0.5) is 15.8 Å². The maximum Gasteiger partial charge on any atom is 0.143 e. The van der Waals surface area contributed by atoms with Crippen molar-refractivity contribution in [3.8, 4) is 0 Å². The normalized spacial score (nSPS) is 20.5. The average Bonchev–Trinajstić information content (AvgIpc) is 2.34. The van der Waals surface area contributed by atoms with Crippen LogP contribution in [0.5, 0.6) is 0 Å². The number of benzene rings is 1. The van der Waals surface area contributed by atoms with E-state index in [9.17, 15) is 4.39 Å². The fourth-order valence-electron chi connectivity index (χ4n) is 2.42. The maximum absolute atomic E-state index is 13.3. The molecule has 1 atom stereocenters. The van der Waals surface area contributed by atoms with Crippen molar-refractivity contribution >= 4 is 23.0 Å². The molecule has 0 spiro atoms. The van der Waals surface area contributed by atoms with E-state index in [1.165, 1.54) is 12.5 Å². The van der Waals surface area contributed by atoms with Gasteiger partial charge in [-0.05, 0) is 33.0 Å². The third-order valence-electron chi connectivity index (χ3n) is 3.54. The van der Waals surface area contributed by atoms with Gasteiger partial charge in [0.05, 0.1) is 16.4 Å². The highest BCUT2D eigenvalue weighted by molar-refractivity contribution is 6.31. The second-order valence-electron chi connectivity index (χ2n) is 5.03. The summed E-state index contributed by atoms with van der Waals surface area (Å²) in [4.78, 5) is 4.41. The summed E-state index contributed by atoms with van der Waals surface area (Å²) in [6.45, 7) is 1.84. The molecule has 0 bridgehead atoms. The Balaban J connectivity index is 2.23. The molecule has 5 heteroatoms. The third kappa shape index (κ3) is 2.70. The van der Waals surface area contributed by atoms with Crippen LogP contribution in [0.2, 0.25) is 5.02 Å². The summed E-state index contributed by atoms with van der Waals surface area (Å²) in [7, 11) is 4.16. The summed E-state index contributed by atoms with van der Waals surface area (Å²) in [5.41, 5.74) is 7.18. The van der Waals surface area contributed by atoms with E-state index in [2.05, 4.69) is 23.9 Å². The lowest BCUT2D eigenvalue weighted by atomic mass is 10.0. The molecule has 1 unspecified atom stereocenters. The van der Waals surface area contributed by atoms with E-state index in [4.69, 9.17) is 17.3 Å². The van der Waals surface area contributed by atoms with E-state index < -0.39 is 5.82 Å². The van der Waals surface area contributed by atoms with E-state index in [0.717, 1.165) is 25.2 Å². The van der Waals surface area contributed by atoms with E-state index in [1.807, 2.05) is 0 Å². The van der Waals surface area contributed by atoms with Gasteiger partial charge in [0, 0.05) is 25.2 Å². The molecule has 100 valence electrons. The Hall–Kier alpha value is -1.00. The predicted molar refractivity (Wildman–Crippen MR) is 74.7 cm³/mol. The van der Waals surface area contributed by atoms with Crippen molar-refractivity contribution < 1.29 is 4.39 Å². The number of likely N-dealkylation sites (N-methyl/N-ethyl adjacent to an activating group) is 1. The van der Waals surface area contributed by atoms with Gasteiger partial charge in [0.25, 0.3) is 0 Å². The van der Waals surface area contributed by atoms with Crippen LogP contribution in [-0.2, 0) is 0 Å². The average molecular weight is 272 g/mol. The molecular weight excluding hydrogens is 253 g/mol. The molecule has 18 heavy (non-hydrogen) atoms. The third-order valence-corrected chi connectivity index (χ3v) is 3.83. The number of anilines is 2. The van der Waals surface area contributed by atoms with Gasteiger partial charge in [-0.2, -0.15) is 0 Å². The molecule has 1 aliphatic rings. The lowest BCUT2D eigenvalue weighted by Crippen LogP contribution is -2.45. The van der Waals surface area contributed by atoms with Gasteiger partial charge in [-0.15, -0.1) is 0 Å². The molecule has 2 N–H and O–H groups in total. The summed E-state index contributed by atoms with van der Waals surface area (Å²) in [5, 5.41) is 0.131. The molecule has 1 heterocycles. The number of nitrogen functional groups attached to an aromatic ring is 1. The Morgan fingerprint density at radius 3 is 2.83 bits per heavy atom. The highest BCUT2D eigenvalue weighted by atomic mass is 35.5. The van der Waals surface area contributed by atoms with Crippen molar-refractivity contribution in [3.63, 3.8) is 0 Å². The Morgan fingerprint density at radius 1 is 1.44 bits per heavy atom. The first-order valence-electron chi connectivity index (χ1n) is 6.15. The minimum Gasteiger partial charge on any atom is -0.397 e. The van der Waals surface area contributed by atoms with Gasteiger partial charge in [0.1, 0.15) is 5.82 Å². The molecule has 1 fully saturated rings. The van der Waals surface area contributed by atoms with E-state index >= 15 is 0 Å². The van der Waals surface area contributed by atoms with Crippen molar-refractivity contribution in [2.75, 3.05) is 37.8 Å². The largest absolute Gasteiger partial charge is 0.397 e. The van der Waals surface area contributed by atoms with E-state index in [1.54, 1.807) is 6.07 Å². The highest BCUT2D eigenvalue weighted by Crippen LogP contribution is 2.31. The van der Waals surface area contributed by atoms with Gasteiger partial charge < -0.3 is 15.5 Å². The number of halogens is 2. The second kappa shape index (κ2) is 5.33. The number of piperidine rings is 1. The molecule has 0 aromatic heterocycles. The monoisotopic (exact) mass is 271 g/mol. The minimum absolute atomic E-state index is 0.131. The Labute approximate surface area is 112 Å². The quantitative estimate of drug-likeness (QED) is 0.840. The van der Waals surface area contributed by atoms with Gasteiger partial charge in [-0.25, -0.2) is 4.39 Å². The lowest BCUT2D eigenvalue weighted by Gasteiger charge is -2.38. The Morgan fingerprint density at radius 2 is 2.17 bits per heavy atom. The summed E-state index contributed by atoms with van der Waals surface area (Å²) >= 11 is 5.84. The van der Waals surface area contributed by atoms with Crippen LogP contribution in [0.25, 0.3) is 0 Å². The van der Waals surface area contributed by atoms with Crippen LogP contribution in [-0.4, -0.2) is 38.1 Å². The molecule has 1 saturated heterocycles. The predicted octanol–water partition coefficient (Wildman–Crippen LogP) is 2.59. The van der Waals surface area contributed by atoms with Gasteiger partial charge >= 0.3 is 0 Å². The molecule has 3 nitrogen and oxygen atoms in total. The van der Waals surface area contributed by atoms with Crippen LogP contribution in [0.15, 0.2) is 12.1 Å². The molecule has 1 aliphatic heterocycles. The van der Waals surface area contributed by atoms with E-state index in [-0.39, 0.29) is 5.02 Å². The smallest absolute Gasteiger partial charge is 0.143 e. The second-order valence-corrected chi connectivity index (χ2v) is 5.44. The lowest BCUT2D eigenvalue weighted by molar-refractivity contribution is 0.258. The van der Waals surface area contributed by atoms with Crippen LogP contribution in [0.3, 0.4) is 0 Å². The Kier molecular flexibility index (Phi) is 3.97. The van der Waals surface area contributed by atoms with Gasteiger partial charge in [0.2, 0.25) is 0 Å². The number of rotatable bonds is 2. The number of hydrogen-bond acceptors (Lipinski definition) is 3. The van der Waals surface area contributed by atoms with E-state index in [0.29, 0.717) is 11.7 Å². The number of nitrogens with two attached hydrogens (primary N) is 1. The van der Waals surface area contributed by atoms with Crippen LogP contribution >= 0.6 is 11.6 Å². The van der Waals surface area contributed by atoms with Crippen molar-refractivity contribution in [1.82, 2.24) is 4.90 Å². The van der Waals surface area contributed by atoms with Gasteiger partial charge in [0.15, 0.2) is 0 Å². The molecular formula is C13H19ClFN3.